The molecule has 0 saturated heterocycles. The first-order valence-electron chi connectivity index (χ1n) is 2.91. The summed E-state index contributed by atoms with van der Waals surface area (Å²) >= 11 is 0. The Hall–Kier alpha value is -0.380. The molecule has 0 aliphatic heterocycles. The van der Waals surface area contributed by atoms with Gasteiger partial charge < -0.3 is 4.79 Å². The van der Waals surface area contributed by atoms with Crippen molar-refractivity contribution in [2.24, 2.45) is 5.41 Å². The van der Waals surface area contributed by atoms with Crippen molar-refractivity contribution in [1.82, 2.24) is 0 Å². The molecule has 0 spiro atoms. The third kappa shape index (κ3) is 4.49. The summed E-state index contributed by atoms with van der Waals surface area (Å²) in [6, 6.07) is 0. The summed E-state index contributed by atoms with van der Waals surface area (Å²) in [5, 5.41) is 0. The first-order valence-corrected chi connectivity index (χ1v) is 4.97. The Morgan fingerprint density at radius 3 is 1.90 bits per heavy atom. The van der Waals surface area contributed by atoms with Gasteiger partial charge in [-0.05, 0) is 0 Å². The molecule has 0 amide bonds. The van der Waals surface area contributed by atoms with Gasteiger partial charge >= 0.3 is 0 Å². The molecule has 0 rings (SSSR count). The van der Waals surface area contributed by atoms with Crippen LogP contribution in [0.2, 0.25) is 0 Å². The minimum Gasteiger partial charge on any atom is -0.303 e. The van der Waals surface area contributed by atoms with Crippen LogP contribution in [0.15, 0.2) is 0 Å². The molecule has 0 aromatic heterocycles. The quantitative estimate of drug-likeness (QED) is 0.562. The smallest absolute Gasteiger partial charge is 0.148 e. The summed E-state index contributed by atoms with van der Waals surface area (Å²) in [7, 11) is -3.03. The summed E-state index contributed by atoms with van der Waals surface area (Å²) in [5.41, 5.74) is -0.742. The van der Waals surface area contributed by atoms with Gasteiger partial charge in [0.2, 0.25) is 0 Å². The number of rotatable bonds is 3. The summed E-state index contributed by atoms with van der Waals surface area (Å²) < 4.78 is 21.3. The van der Waals surface area contributed by atoms with Crippen molar-refractivity contribution < 1.29 is 13.2 Å². The van der Waals surface area contributed by atoms with Crippen molar-refractivity contribution in [3.8, 4) is 0 Å². The first-order chi connectivity index (χ1) is 4.27. The fourth-order valence-electron chi connectivity index (χ4n) is 0.710. The highest BCUT2D eigenvalue weighted by atomic mass is 32.2. The van der Waals surface area contributed by atoms with Gasteiger partial charge in [-0.15, -0.1) is 0 Å². The van der Waals surface area contributed by atoms with Crippen LogP contribution in [0.4, 0.5) is 0 Å². The third-order valence-corrected chi connectivity index (χ3v) is 2.22. The van der Waals surface area contributed by atoms with Crippen molar-refractivity contribution in [2.75, 3.05) is 12.0 Å². The van der Waals surface area contributed by atoms with E-state index in [0.717, 1.165) is 6.26 Å². The predicted molar refractivity (Wildman–Crippen MR) is 39.6 cm³/mol. The lowest BCUT2D eigenvalue weighted by Crippen LogP contribution is -2.24. The Labute approximate surface area is 61.4 Å². The van der Waals surface area contributed by atoms with Gasteiger partial charge in [-0.25, -0.2) is 8.42 Å². The van der Waals surface area contributed by atoms with E-state index in [1.807, 2.05) is 0 Å². The molecule has 60 valence electrons. The maximum Gasteiger partial charge on any atom is 0.148 e. The first kappa shape index (κ1) is 9.62. The van der Waals surface area contributed by atoms with E-state index in [9.17, 15) is 13.2 Å². The molecule has 0 aliphatic carbocycles. The van der Waals surface area contributed by atoms with Crippen molar-refractivity contribution in [3.05, 3.63) is 0 Å². The van der Waals surface area contributed by atoms with Crippen LogP contribution in [0, 0.1) is 5.41 Å². The van der Waals surface area contributed by atoms with Gasteiger partial charge in [-0.2, -0.15) is 0 Å². The Bertz CT molecular complexity index is 213. The number of hydrogen-bond donors (Lipinski definition) is 0. The molecule has 10 heavy (non-hydrogen) atoms. The van der Waals surface area contributed by atoms with Crippen molar-refractivity contribution >= 4 is 16.1 Å². The Morgan fingerprint density at radius 2 is 1.80 bits per heavy atom. The average Bonchev–Trinajstić information content (AvgIpc) is 1.60. The minimum absolute atomic E-state index is 0.0799. The lowest BCUT2D eigenvalue weighted by Gasteiger charge is -2.13. The fourth-order valence-corrected chi connectivity index (χ4v) is 2.13. The highest BCUT2D eigenvalue weighted by Gasteiger charge is 2.22. The number of sulfone groups is 1. The number of carbonyl (C=O) groups is 1. The standard InChI is InChI=1S/C6H12O3S/c1-6(2,4-7)5-10(3,8)9/h4H,5H2,1-3H3. The largest absolute Gasteiger partial charge is 0.303 e. The molecule has 0 aromatic carbocycles. The van der Waals surface area contributed by atoms with Crippen LogP contribution in [0.5, 0.6) is 0 Å². The molecule has 0 bridgehead atoms. The van der Waals surface area contributed by atoms with Gasteiger partial charge in [0.05, 0.1) is 5.75 Å². The molecule has 0 saturated carbocycles. The molecule has 0 atom stereocenters. The van der Waals surface area contributed by atoms with E-state index in [0.29, 0.717) is 6.29 Å². The van der Waals surface area contributed by atoms with Gasteiger partial charge in [0.25, 0.3) is 0 Å². The monoisotopic (exact) mass is 164 g/mol. The van der Waals surface area contributed by atoms with E-state index in [-0.39, 0.29) is 5.75 Å². The maximum atomic E-state index is 10.6. The van der Waals surface area contributed by atoms with Crippen molar-refractivity contribution in [3.63, 3.8) is 0 Å². The van der Waals surface area contributed by atoms with Gasteiger partial charge in [0.15, 0.2) is 0 Å². The van der Waals surface area contributed by atoms with E-state index in [1.54, 1.807) is 13.8 Å². The lowest BCUT2D eigenvalue weighted by molar-refractivity contribution is -0.113. The third-order valence-electron chi connectivity index (χ3n) is 0.953. The highest BCUT2D eigenvalue weighted by Crippen LogP contribution is 2.12. The fraction of sp³-hybridized carbons (Fsp3) is 0.833. The number of hydrogen-bond acceptors (Lipinski definition) is 3. The van der Waals surface area contributed by atoms with Gasteiger partial charge in [-0.1, -0.05) is 13.8 Å². The summed E-state index contributed by atoms with van der Waals surface area (Å²) in [6.07, 6.45) is 1.78. The molecule has 0 N–H and O–H groups in total. The van der Waals surface area contributed by atoms with Crippen LogP contribution in [0.25, 0.3) is 0 Å². The van der Waals surface area contributed by atoms with E-state index in [1.165, 1.54) is 0 Å². The minimum atomic E-state index is -3.03. The van der Waals surface area contributed by atoms with Gasteiger partial charge in [0.1, 0.15) is 16.1 Å². The molecule has 3 nitrogen and oxygen atoms in total. The van der Waals surface area contributed by atoms with E-state index >= 15 is 0 Å². The lowest BCUT2D eigenvalue weighted by atomic mass is 10.00. The van der Waals surface area contributed by atoms with Crippen LogP contribution < -0.4 is 0 Å². The summed E-state index contributed by atoms with van der Waals surface area (Å²) in [4.78, 5) is 10.2. The molecule has 0 fully saturated rings. The van der Waals surface area contributed by atoms with Gasteiger partial charge in [0, 0.05) is 11.7 Å². The van der Waals surface area contributed by atoms with Crippen molar-refractivity contribution in [1.29, 1.82) is 0 Å². The zero-order chi connectivity index (χ0) is 8.41. The second-order valence-corrected chi connectivity index (χ2v) is 5.32. The van der Waals surface area contributed by atoms with Gasteiger partial charge in [-0.3, -0.25) is 0 Å². The molecule has 0 unspecified atom stereocenters. The molecule has 0 heterocycles. The van der Waals surface area contributed by atoms with Crippen LogP contribution >= 0.6 is 0 Å². The molecule has 0 radical (unpaired) electrons. The molecular formula is C6H12O3S. The molecule has 4 heteroatoms. The number of carbonyl (C=O) groups excluding carboxylic acids is 1. The average molecular weight is 164 g/mol. The van der Waals surface area contributed by atoms with Crippen molar-refractivity contribution in [2.45, 2.75) is 13.8 Å². The normalized spacial score (nSPS) is 13.1. The maximum absolute atomic E-state index is 10.6. The Balaban J connectivity index is 4.30. The zero-order valence-corrected chi connectivity index (χ0v) is 7.23. The number of aldehydes is 1. The van der Waals surface area contributed by atoms with Crippen LogP contribution in [0.3, 0.4) is 0 Å². The summed E-state index contributed by atoms with van der Waals surface area (Å²) in [6.45, 7) is 3.20. The Morgan fingerprint density at radius 1 is 1.40 bits per heavy atom. The van der Waals surface area contributed by atoms with E-state index in [4.69, 9.17) is 0 Å². The molecule has 0 aliphatic rings. The zero-order valence-electron chi connectivity index (χ0n) is 6.42. The van der Waals surface area contributed by atoms with Crippen LogP contribution in [-0.2, 0) is 14.6 Å². The summed E-state index contributed by atoms with van der Waals surface area (Å²) in [5.74, 6) is -0.0799. The SMILES string of the molecule is CC(C)(C=O)CS(C)(=O)=O. The van der Waals surface area contributed by atoms with Crippen LogP contribution in [-0.4, -0.2) is 26.7 Å². The highest BCUT2D eigenvalue weighted by molar-refractivity contribution is 7.90. The van der Waals surface area contributed by atoms with Crippen LogP contribution in [0.1, 0.15) is 13.8 Å². The Kier molecular flexibility index (Phi) is 2.60. The van der Waals surface area contributed by atoms with E-state index < -0.39 is 15.3 Å². The molecule has 0 aromatic rings. The second-order valence-electron chi connectivity index (χ2n) is 3.18. The van der Waals surface area contributed by atoms with E-state index in [2.05, 4.69) is 0 Å². The topological polar surface area (TPSA) is 51.2 Å². The predicted octanol–water partition coefficient (Wildman–Crippen LogP) is 0.256. The molecular weight excluding hydrogens is 152 g/mol. The second kappa shape index (κ2) is 2.70.